The van der Waals surface area contributed by atoms with Crippen LogP contribution in [0.5, 0.6) is 11.5 Å². The van der Waals surface area contributed by atoms with Gasteiger partial charge in [-0.15, -0.1) is 0 Å². The molecule has 0 aliphatic heterocycles. The van der Waals surface area contributed by atoms with Crippen molar-refractivity contribution in [2.45, 2.75) is 13.0 Å². The normalized spacial score (nSPS) is 10.3. The molecule has 0 aliphatic carbocycles. The van der Waals surface area contributed by atoms with Crippen molar-refractivity contribution in [2.75, 3.05) is 6.61 Å². The molecule has 0 radical (unpaired) electrons. The Hall–Kier alpha value is -3.27. The Morgan fingerprint density at radius 3 is 2.27 bits per heavy atom. The molecule has 1 amide bonds. The van der Waals surface area contributed by atoms with Gasteiger partial charge in [0.25, 0.3) is 5.91 Å². The molecule has 0 aromatic heterocycles. The summed E-state index contributed by atoms with van der Waals surface area (Å²) in [7, 11) is 0. The molecule has 3 aromatic rings. The average molecular weight is 347 g/mol. The van der Waals surface area contributed by atoms with Gasteiger partial charge < -0.3 is 15.2 Å². The molecule has 26 heavy (non-hydrogen) atoms. The van der Waals surface area contributed by atoms with Crippen molar-refractivity contribution in [3.8, 4) is 11.5 Å². The largest absolute Gasteiger partial charge is 0.508 e. The van der Waals surface area contributed by atoms with Crippen LogP contribution in [0.4, 0.5) is 0 Å². The minimum absolute atomic E-state index is 0.0700. The number of hydrogen-bond donors (Lipinski definition) is 2. The second-order valence-corrected chi connectivity index (χ2v) is 5.96. The van der Waals surface area contributed by atoms with Crippen LogP contribution in [0, 0.1) is 0 Å². The van der Waals surface area contributed by atoms with E-state index in [1.165, 1.54) is 5.56 Å². The number of phenolic OH excluding ortho intramolecular Hbond substituents is 1. The van der Waals surface area contributed by atoms with Crippen molar-refractivity contribution in [3.63, 3.8) is 0 Å². The molecule has 2 N–H and O–H groups in total. The molecule has 0 bridgehead atoms. The van der Waals surface area contributed by atoms with Gasteiger partial charge in [-0.2, -0.15) is 0 Å². The number of nitrogens with one attached hydrogen (secondary N) is 1. The van der Waals surface area contributed by atoms with Gasteiger partial charge in [-0.3, -0.25) is 4.79 Å². The maximum atomic E-state index is 12.1. The Bertz CT molecular complexity index is 862. The molecule has 4 heteroatoms. The fourth-order valence-electron chi connectivity index (χ4n) is 2.65. The first kappa shape index (κ1) is 17.5. The number of phenols is 1. The van der Waals surface area contributed by atoms with Gasteiger partial charge in [0.2, 0.25) is 0 Å². The van der Waals surface area contributed by atoms with E-state index in [0.717, 1.165) is 12.0 Å². The highest BCUT2D eigenvalue weighted by Gasteiger charge is 2.08. The molecule has 0 heterocycles. The maximum Gasteiger partial charge on any atom is 0.258 e. The number of benzene rings is 3. The molecule has 0 saturated heterocycles. The Balaban J connectivity index is 1.56. The SMILES string of the molecule is O=C(COc1ccccc1Cc1ccccc1)NCc1ccccc1O. The molecule has 3 aromatic carbocycles. The van der Waals surface area contributed by atoms with Crippen molar-refractivity contribution in [1.29, 1.82) is 0 Å². The maximum absolute atomic E-state index is 12.1. The minimum atomic E-state index is -0.234. The minimum Gasteiger partial charge on any atom is -0.508 e. The summed E-state index contributed by atoms with van der Waals surface area (Å²) in [5.41, 5.74) is 2.89. The lowest BCUT2D eigenvalue weighted by atomic mass is 10.0. The number of para-hydroxylation sites is 2. The van der Waals surface area contributed by atoms with E-state index in [4.69, 9.17) is 4.74 Å². The lowest BCUT2D eigenvalue weighted by Gasteiger charge is -2.12. The Morgan fingerprint density at radius 1 is 0.846 bits per heavy atom. The van der Waals surface area contributed by atoms with Gasteiger partial charge in [0, 0.05) is 18.5 Å². The number of rotatable bonds is 7. The highest BCUT2D eigenvalue weighted by molar-refractivity contribution is 5.77. The van der Waals surface area contributed by atoms with Crippen LogP contribution in [-0.4, -0.2) is 17.6 Å². The van der Waals surface area contributed by atoms with Crippen molar-refractivity contribution >= 4 is 5.91 Å². The zero-order chi connectivity index (χ0) is 18.2. The topological polar surface area (TPSA) is 58.6 Å². The molecule has 4 nitrogen and oxygen atoms in total. The monoisotopic (exact) mass is 347 g/mol. The number of amides is 1. The summed E-state index contributed by atoms with van der Waals surface area (Å²) in [5, 5.41) is 12.5. The van der Waals surface area contributed by atoms with E-state index in [0.29, 0.717) is 11.3 Å². The summed E-state index contributed by atoms with van der Waals surface area (Å²) < 4.78 is 5.72. The third-order valence-corrected chi connectivity index (χ3v) is 4.04. The van der Waals surface area contributed by atoms with E-state index in [-0.39, 0.29) is 24.8 Å². The summed E-state index contributed by atoms with van der Waals surface area (Å²) in [6.45, 7) is 0.194. The number of carbonyl (C=O) groups excluding carboxylic acids is 1. The highest BCUT2D eigenvalue weighted by Crippen LogP contribution is 2.21. The number of aromatic hydroxyl groups is 1. The molecular formula is C22H21NO3. The predicted octanol–water partition coefficient (Wildman–Crippen LogP) is 3.68. The van der Waals surface area contributed by atoms with Crippen LogP contribution in [0.2, 0.25) is 0 Å². The van der Waals surface area contributed by atoms with E-state index in [9.17, 15) is 9.90 Å². The van der Waals surface area contributed by atoms with Gasteiger partial charge in [0.15, 0.2) is 6.61 Å². The fraction of sp³-hybridized carbons (Fsp3) is 0.136. The summed E-state index contributed by atoms with van der Waals surface area (Å²) in [4.78, 5) is 12.1. The van der Waals surface area contributed by atoms with Crippen LogP contribution < -0.4 is 10.1 Å². The first-order chi connectivity index (χ1) is 12.7. The van der Waals surface area contributed by atoms with Crippen molar-refractivity contribution in [2.24, 2.45) is 0 Å². The van der Waals surface area contributed by atoms with Gasteiger partial charge >= 0.3 is 0 Å². The molecular weight excluding hydrogens is 326 g/mol. The van der Waals surface area contributed by atoms with Gasteiger partial charge in [-0.25, -0.2) is 0 Å². The summed E-state index contributed by atoms with van der Waals surface area (Å²) in [5.74, 6) is 0.638. The van der Waals surface area contributed by atoms with Crippen LogP contribution >= 0.6 is 0 Å². The van der Waals surface area contributed by atoms with Gasteiger partial charge in [0.1, 0.15) is 11.5 Å². The van der Waals surface area contributed by atoms with Crippen LogP contribution in [0.25, 0.3) is 0 Å². The molecule has 0 spiro atoms. The average Bonchev–Trinajstić information content (AvgIpc) is 2.67. The molecule has 3 rings (SSSR count). The fourth-order valence-corrected chi connectivity index (χ4v) is 2.65. The molecule has 132 valence electrons. The van der Waals surface area contributed by atoms with E-state index in [2.05, 4.69) is 17.4 Å². The lowest BCUT2D eigenvalue weighted by Crippen LogP contribution is -2.28. The number of ether oxygens (including phenoxy) is 1. The van der Waals surface area contributed by atoms with Crippen molar-refractivity contribution in [3.05, 3.63) is 95.6 Å². The second-order valence-electron chi connectivity index (χ2n) is 5.96. The second kappa shape index (κ2) is 8.72. The van der Waals surface area contributed by atoms with Gasteiger partial charge in [0.05, 0.1) is 0 Å². The van der Waals surface area contributed by atoms with Crippen LogP contribution in [-0.2, 0) is 17.8 Å². The van der Waals surface area contributed by atoms with E-state index in [1.807, 2.05) is 48.5 Å². The molecule has 0 fully saturated rings. The smallest absolute Gasteiger partial charge is 0.258 e. The Labute approximate surface area is 153 Å². The summed E-state index contributed by atoms with van der Waals surface area (Å²) >= 11 is 0. The van der Waals surface area contributed by atoms with E-state index in [1.54, 1.807) is 18.2 Å². The summed E-state index contributed by atoms with van der Waals surface area (Å²) in [6, 6.07) is 24.8. The summed E-state index contributed by atoms with van der Waals surface area (Å²) in [6.07, 6.45) is 0.747. The first-order valence-corrected chi connectivity index (χ1v) is 8.50. The van der Waals surface area contributed by atoms with Gasteiger partial charge in [-0.05, 0) is 23.3 Å². The van der Waals surface area contributed by atoms with Crippen LogP contribution in [0.3, 0.4) is 0 Å². The number of hydrogen-bond acceptors (Lipinski definition) is 3. The quantitative estimate of drug-likeness (QED) is 0.685. The highest BCUT2D eigenvalue weighted by atomic mass is 16.5. The zero-order valence-corrected chi connectivity index (χ0v) is 14.4. The Kier molecular flexibility index (Phi) is 5.88. The Morgan fingerprint density at radius 2 is 1.50 bits per heavy atom. The molecule has 0 aliphatic rings. The van der Waals surface area contributed by atoms with Gasteiger partial charge in [-0.1, -0.05) is 66.7 Å². The standard InChI is InChI=1S/C22H21NO3/c24-20-12-6-4-11-19(20)15-23-22(25)16-26-21-13-7-5-10-18(21)14-17-8-2-1-3-9-17/h1-13,24H,14-16H2,(H,23,25). The molecule has 0 saturated carbocycles. The number of carbonyl (C=O) groups is 1. The lowest BCUT2D eigenvalue weighted by molar-refractivity contribution is -0.123. The third-order valence-electron chi connectivity index (χ3n) is 4.04. The molecule has 0 unspecified atom stereocenters. The van der Waals surface area contributed by atoms with Crippen molar-refractivity contribution < 1.29 is 14.6 Å². The third kappa shape index (κ3) is 4.86. The predicted molar refractivity (Wildman–Crippen MR) is 101 cm³/mol. The van der Waals surface area contributed by atoms with Crippen LogP contribution in [0.15, 0.2) is 78.9 Å². The zero-order valence-electron chi connectivity index (χ0n) is 14.4. The van der Waals surface area contributed by atoms with E-state index >= 15 is 0 Å². The van der Waals surface area contributed by atoms with Crippen LogP contribution in [0.1, 0.15) is 16.7 Å². The van der Waals surface area contributed by atoms with Crippen molar-refractivity contribution in [1.82, 2.24) is 5.32 Å². The molecule has 0 atom stereocenters. The first-order valence-electron chi connectivity index (χ1n) is 8.50. The van der Waals surface area contributed by atoms with E-state index < -0.39 is 0 Å².